The van der Waals surface area contributed by atoms with Crippen LogP contribution in [0.5, 0.6) is 5.75 Å². The third kappa shape index (κ3) is 3.73. The number of hydrogen-bond donors (Lipinski definition) is 1. The van der Waals surface area contributed by atoms with Crippen LogP contribution in [0.4, 0.5) is 0 Å². The molecule has 4 nitrogen and oxygen atoms in total. The molecule has 1 amide bonds. The Morgan fingerprint density at radius 3 is 2.62 bits per heavy atom. The summed E-state index contributed by atoms with van der Waals surface area (Å²) in [7, 11) is 0. The maximum Gasteiger partial charge on any atom is 0.260 e. The van der Waals surface area contributed by atoms with E-state index in [1.165, 1.54) is 0 Å². The SMILES string of the molecule is CCC1CCC(C)N1C(=O)COc1ccc(C(N)=S)cc1. The number of nitrogens with zero attached hydrogens (tertiary/aromatic N) is 1. The Balaban J connectivity index is 1.93. The maximum atomic E-state index is 12.3. The second kappa shape index (κ2) is 6.89. The van der Waals surface area contributed by atoms with Crippen LogP contribution in [-0.2, 0) is 4.79 Å². The van der Waals surface area contributed by atoms with Gasteiger partial charge in [-0.15, -0.1) is 0 Å². The van der Waals surface area contributed by atoms with Crippen LogP contribution in [0.1, 0.15) is 38.7 Å². The molecule has 114 valence electrons. The van der Waals surface area contributed by atoms with Crippen molar-refractivity contribution in [1.29, 1.82) is 0 Å². The van der Waals surface area contributed by atoms with Crippen molar-refractivity contribution < 1.29 is 9.53 Å². The van der Waals surface area contributed by atoms with Crippen LogP contribution >= 0.6 is 12.2 Å². The third-order valence-electron chi connectivity index (χ3n) is 4.05. The summed E-state index contributed by atoms with van der Waals surface area (Å²) in [5.41, 5.74) is 6.34. The molecular formula is C16H22N2O2S. The van der Waals surface area contributed by atoms with Gasteiger partial charge in [-0.25, -0.2) is 0 Å². The molecule has 1 heterocycles. The van der Waals surface area contributed by atoms with Crippen molar-refractivity contribution in [3.8, 4) is 5.75 Å². The molecule has 0 saturated carbocycles. The monoisotopic (exact) mass is 306 g/mol. The number of carbonyl (C=O) groups is 1. The summed E-state index contributed by atoms with van der Waals surface area (Å²) < 4.78 is 5.58. The molecule has 0 aromatic heterocycles. The van der Waals surface area contributed by atoms with Crippen molar-refractivity contribution in [3.05, 3.63) is 29.8 Å². The molecule has 0 spiro atoms. The number of hydrogen-bond acceptors (Lipinski definition) is 3. The lowest BCUT2D eigenvalue weighted by atomic mass is 10.1. The van der Waals surface area contributed by atoms with E-state index in [2.05, 4.69) is 13.8 Å². The summed E-state index contributed by atoms with van der Waals surface area (Å²) in [6, 6.07) is 7.83. The summed E-state index contributed by atoms with van der Waals surface area (Å²) in [6.07, 6.45) is 3.16. The predicted molar refractivity (Wildman–Crippen MR) is 87.4 cm³/mol. The van der Waals surface area contributed by atoms with Crippen molar-refractivity contribution >= 4 is 23.1 Å². The zero-order chi connectivity index (χ0) is 15.4. The van der Waals surface area contributed by atoms with E-state index in [9.17, 15) is 4.79 Å². The first kappa shape index (κ1) is 15.8. The molecule has 2 rings (SSSR count). The molecule has 1 aromatic carbocycles. The number of benzene rings is 1. The highest BCUT2D eigenvalue weighted by atomic mass is 32.1. The molecule has 5 heteroatoms. The molecule has 21 heavy (non-hydrogen) atoms. The van der Waals surface area contributed by atoms with Crippen molar-refractivity contribution in [1.82, 2.24) is 4.90 Å². The standard InChI is InChI=1S/C16H22N2O2S/c1-3-13-7-4-11(2)18(13)15(19)10-20-14-8-5-12(6-9-14)16(17)21/h5-6,8-9,11,13H,3-4,7,10H2,1-2H3,(H2,17,21). The van der Waals surface area contributed by atoms with Gasteiger partial charge in [-0.1, -0.05) is 19.1 Å². The number of nitrogens with two attached hydrogens (primary N) is 1. The predicted octanol–water partition coefficient (Wildman–Crippen LogP) is 2.49. The molecule has 0 radical (unpaired) electrons. The van der Waals surface area contributed by atoms with Crippen LogP contribution < -0.4 is 10.5 Å². The van der Waals surface area contributed by atoms with Gasteiger partial charge in [0, 0.05) is 17.6 Å². The average molecular weight is 306 g/mol. The van der Waals surface area contributed by atoms with Crippen LogP contribution in [0.2, 0.25) is 0 Å². The molecule has 1 aliphatic heterocycles. The van der Waals surface area contributed by atoms with Gasteiger partial charge in [-0.05, 0) is 50.5 Å². The van der Waals surface area contributed by atoms with E-state index in [0.29, 0.717) is 22.8 Å². The second-order valence-electron chi connectivity index (χ2n) is 5.47. The van der Waals surface area contributed by atoms with E-state index in [-0.39, 0.29) is 12.5 Å². The summed E-state index contributed by atoms with van der Waals surface area (Å²) in [6.45, 7) is 4.30. The molecule has 1 aromatic rings. The van der Waals surface area contributed by atoms with Gasteiger partial charge in [-0.3, -0.25) is 4.79 Å². The van der Waals surface area contributed by atoms with Crippen molar-refractivity contribution in [2.45, 2.75) is 45.2 Å². The Hall–Kier alpha value is -1.62. The fourth-order valence-electron chi connectivity index (χ4n) is 2.86. The summed E-state index contributed by atoms with van der Waals surface area (Å²) in [5.74, 6) is 0.716. The van der Waals surface area contributed by atoms with E-state index >= 15 is 0 Å². The van der Waals surface area contributed by atoms with Gasteiger partial charge in [0.15, 0.2) is 6.61 Å². The van der Waals surface area contributed by atoms with Crippen LogP contribution in [0.25, 0.3) is 0 Å². The largest absolute Gasteiger partial charge is 0.484 e. The smallest absolute Gasteiger partial charge is 0.260 e. The maximum absolute atomic E-state index is 12.3. The zero-order valence-electron chi connectivity index (χ0n) is 12.5. The number of ether oxygens (including phenoxy) is 1. The summed E-state index contributed by atoms with van der Waals surface area (Å²) in [5, 5.41) is 0. The normalized spacial score (nSPS) is 21.3. The molecule has 0 aliphatic carbocycles. The lowest BCUT2D eigenvalue weighted by Crippen LogP contribution is -2.42. The quantitative estimate of drug-likeness (QED) is 0.849. The van der Waals surface area contributed by atoms with Crippen molar-refractivity contribution in [3.63, 3.8) is 0 Å². The topological polar surface area (TPSA) is 55.6 Å². The third-order valence-corrected chi connectivity index (χ3v) is 4.28. The molecule has 0 bridgehead atoms. The highest BCUT2D eigenvalue weighted by Crippen LogP contribution is 2.26. The minimum absolute atomic E-state index is 0.0604. The van der Waals surface area contributed by atoms with E-state index < -0.39 is 0 Å². The van der Waals surface area contributed by atoms with Gasteiger partial charge < -0.3 is 15.4 Å². The molecular weight excluding hydrogens is 284 g/mol. The number of carbonyl (C=O) groups excluding carboxylic acids is 1. The Kier molecular flexibility index (Phi) is 5.17. The minimum atomic E-state index is 0.0604. The molecule has 1 fully saturated rings. The number of likely N-dealkylation sites (tertiary alicyclic amines) is 1. The molecule has 2 unspecified atom stereocenters. The Labute approximate surface area is 131 Å². The van der Waals surface area contributed by atoms with Gasteiger partial charge in [0.25, 0.3) is 5.91 Å². The van der Waals surface area contributed by atoms with E-state index in [1.54, 1.807) is 24.3 Å². The number of rotatable bonds is 5. The highest BCUT2D eigenvalue weighted by molar-refractivity contribution is 7.80. The van der Waals surface area contributed by atoms with Crippen LogP contribution in [0.3, 0.4) is 0 Å². The zero-order valence-corrected chi connectivity index (χ0v) is 13.4. The molecule has 2 N–H and O–H groups in total. The first-order valence-corrected chi connectivity index (χ1v) is 7.77. The van der Waals surface area contributed by atoms with E-state index in [1.807, 2.05) is 4.90 Å². The second-order valence-corrected chi connectivity index (χ2v) is 5.91. The van der Waals surface area contributed by atoms with Gasteiger partial charge in [-0.2, -0.15) is 0 Å². The van der Waals surface area contributed by atoms with Crippen LogP contribution in [-0.4, -0.2) is 34.5 Å². The van der Waals surface area contributed by atoms with Gasteiger partial charge in [0.1, 0.15) is 10.7 Å². The minimum Gasteiger partial charge on any atom is -0.484 e. The number of thiocarbonyl (C=S) groups is 1. The molecule has 1 aliphatic rings. The van der Waals surface area contributed by atoms with Gasteiger partial charge in [0.05, 0.1) is 0 Å². The fourth-order valence-corrected chi connectivity index (χ4v) is 2.99. The van der Waals surface area contributed by atoms with E-state index in [4.69, 9.17) is 22.7 Å². The van der Waals surface area contributed by atoms with Crippen LogP contribution in [0, 0.1) is 0 Å². The lowest BCUT2D eigenvalue weighted by molar-refractivity contribution is -0.136. The highest BCUT2D eigenvalue weighted by Gasteiger charge is 2.33. The van der Waals surface area contributed by atoms with Crippen molar-refractivity contribution in [2.75, 3.05) is 6.61 Å². The Morgan fingerprint density at radius 2 is 2.05 bits per heavy atom. The first-order valence-electron chi connectivity index (χ1n) is 7.36. The number of amides is 1. The Bertz CT molecular complexity index is 516. The van der Waals surface area contributed by atoms with Gasteiger partial charge in [0.2, 0.25) is 0 Å². The lowest BCUT2D eigenvalue weighted by Gasteiger charge is -2.27. The average Bonchev–Trinajstić information content (AvgIpc) is 2.86. The fraction of sp³-hybridized carbons (Fsp3) is 0.500. The first-order chi connectivity index (χ1) is 10.0. The van der Waals surface area contributed by atoms with E-state index in [0.717, 1.165) is 24.8 Å². The summed E-state index contributed by atoms with van der Waals surface area (Å²) >= 11 is 4.90. The molecule has 1 saturated heterocycles. The Morgan fingerprint density at radius 1 is 1.38 bits per heavy atom. The van der Waals surface area contributed by atoms with Crippen LogP contribution in [0.15, 0.2) is 24.3 Å². The van der Waals surface area contributed by atoms with Gasteiger partial charge >= 0.3 is 0 Å². The summed E-state index contributed by atoms with van der Waals surface area (Å²) in [4.78, 5) is 14.7. The molecule has 2 atom stereocenters. The van der Waals surface area contributed by atoms with Crippen molar-refractivity contribution in [2.24, 2.45) is 5.73 Å².